The number of sulfonamides is 1. The first-order valence-electron chi connectivity index (χ1n) is 8.01. The standard InChI is InChI=1S/C18H20ClN3O4S/c1-11-8-9-13(10-16(11)22-27(3,25)26)21-17(23)12(2)20-18(24)14-6-4-5-7-15(14)19/h4-10,12,22H,1-3H3,(H,20,24)(H,21,23). The average Bonchev–Trinajstić information content (AvgIpc) is 2.56. The molecule has 2 aromatic rings. The molecule has 1 unspecified atom stereocenters. The topological polar surface area (TPSA) is 104 Å². The number of halogens is 1. The van der Waals surface area contributed by atoms with Crippen molar-refractivity contribution in [1.82, 2.24) is 5.32 Å². The third-order valence-electron chi connectivity index (χ3n) is 3.66. The molecule has 1 atom stereocenters. The summed E-state index contributed by atoms with van der Waals surface area (Å²) in [6.07, 6.45) is 1.05. The largest absolute Gasteiger partial charge is 0.340 e. The Balaban J connectivity index is 2.07. The lowest BCUT2D eigenvalue weighted by Crippen LogP contribution is -2.41. The van der Waals surface area contributed by atoms with E-state index >= 15 is 0 Å². The Morgan fingerprint density at radius 2 is 1.78 bits per heavy atom. The molecule has 9 heteroatoms. The maximum atomic E-state index is 12.3. The van der Waals surface area contributed by atoms with Crippen LogP contribution in [0.1, 0.15) is 22.8 Å². The molecule has 2 rings (SSSR count). The number of hydrogen-bond donors (Lipinski definition) is 3. The van der Waals surface area contributed by atoms with E-state index < -0.39 is 27.9 Å². The lowest BCUT2D eigenvalue weighted by atomic mass is 10.1. The van der Waals surface area contributed by atoms with E-state index in [0.717, 1.165) is 6.26 Å². The Kier molecular flexibility index (Phi) is 6.45. The van der Waals surface area contributed by atoms with Gasteiger partial charge in [0.25, 0.3) is 5.91 Å². The Hall–Kier alpha value is -2.58. The molecule has 0 spiro atoms. The number of nitrogens with one attached hydrogen (secondary N) is 3. The quantitative estimate of drug-likeness (QED) is 0.682. The second-order valence-electron chi connectivity index (χ2n) is 6.07. The zero-order valence-corrected chi connectivity index (χ0v) is 16.6. The third kappa shape index (κ3) is 5.97. The zero-order chi connectivity index (χ0) is 20.2. The summed E-state index contributed by atoms with van der Waals surface area (Å²) in [6, 6.07) is 10.5. The average molecular weight is 410 g/mol. The van der Waals surface area contributed by atoms with Crippen LogP contribution < -0.4 is 15.4 Å². The van der Waals surface area contributed by atoms with Crippen LogP contribution in [0.5, 0.6) is 0 Å². The minimum Gasteiger partial charge on any atom is -0.340 e. The highest BCUT2D eigenvalue weighted by atomic mass is 35.5. The lowest BCUT2D eigenvalue weighted by Gasteiger charge is -2.16. The van der Waals surface area contributed by atoms with Crippen LogP contribution in [0.25, 0.3) is 0 Å². The van der Waals surface area contributed by atoms with Crippen LogP contribution in [-0.2, 0) is 14.8 Å². The Bertz CT molecular complexity index is 976. The van der Waals surface area contributed by atoms with E-state index in [0.29, 0.717) is 16.9 Å². The maximum Gasteiger partial charge on any atom is 0.253 e. The molecule has 0 aliphatic heterocycles. The van der Waals surface area contributed by atoms with Crippen LogP contribution in [0.4, 0.5) is 11.4 Å². The van der Waals surface area contributed by atoms with Crippen molar-refractivity contribution in [3.05, 3.63) is 58.6 Å². The van der Waals surface area contributed by atoms with E-state index in [9.17, 15) is 18.0 Å². The molecule has 0 saturated heterocycles. The molecule has 0 fully saturated rings. The smallest absolute Gasteiger partial charge is 0.253 e. The SMILES string of the molecule is Cc1ccc(NC(=O)C(C)NC(=O)c2ccccc2Cl)cc1NS(C)(=O)=O. The zero-order valence-electron chi connectivity index (χ0n) is 15.0. The molecule has 0 aromatic heterocycles. The molecule has 0 radical (unpaired) electrons. The van der Waals surface area contributed by atoms with Gasteiger partial charge in [-0.2, -0.15) is 0 Å². The number of amides is 2. The number of benzene rings is 2. The van der Waals surface area contributed by atoms with E-state index in [1.807, 2.05) is 0 Å². The second-order valence-corrected chi connectivity index (χ2v) is 8.22. The number of carbonyl (C=O) groups is 2. The predicted octanol–water partition coefficient (Wildman–Crippen LogP) is 2.78. The molecular formula is C18H20ClN3O4S. The number of hydrogen-bond acceptors (Lipinski definition) is 4. The van der Waals surface area contributed by atoms with Gasteiger partial charge in [-0.3, -0.25) is 14.3 Å². The van der Waals surface area contributed by atoms with Crippen molar-refractivity contribution in [3.63, 3.8) is 0 Å². The summed E-state index contributed by atoms with van der Waals surface area (Å²) in [5.74, 6) is -0.920. The van der Waals surface area contributed by atoms with Crippen LogP contribution in [0.3, 0.4) is 0 Å². The molecule has 27 heavy (non-hydrogen) atoms. The van der Waals surface area contributed by atoms with Gasteiger partial charge in [0.2, 0.25) is 15.9 Å². The summed E-state index contributed by atoms with van der Waals surface area (Å²) < 4.78 is 25.2. The highest BCUT2D eigenvalue weighted by molar-refractivity contribution is 7.92. The summed E-state index contributed by atoms with van der Waals surface area (Å²) in [5.41, 5.74) is 1.74. The highest BCUT2D eigenvalue weighted by Gasteiger charge is 2.18. The van der Waals surface area contributed by atoms with Gasteiger partial charge in [-0.25, -0.2) is 8.42 Å². The molecule has 2 amide bonds. The molecule has 0 saturated carbocycles. The molecule has 0 heterocycles. The van der Waals surface area contributed by atoms with E-state index in [4.69, 9.17) is 11.6 Å². The Morgan fingerprint density at radius 1 is 1.11 bits per heavy atom. The Labute approximate surface area is 163 Å². The molecule has 144 valence electrons. The van der Waals surface area contributed by atoms with Crippen molar-refractivity contribution in [3.8, 4) is 0 Å². The van der Waals surface area contributed by atoms with Crippen molar-refractivity contribution in [2.24, 2.45) is 0 Å². The van der Waals surface area contributed by atoms with Crippen LogP contribution in [0.2, 0.25) is 5.02 Å². The van der Waals surface area contributed by atoms with Gasteiger partial charge in [-0.15, -0.1) is 0 Å². The summed E-state index contributed by atoms with van der Waals surface area (Å²) in [7, 11) is -3.44. The first-order valence-corrected chi connectivity index (χ1v) is 10.3. The van der Waals surface area contributed by atoms with Gasteiger partial charge in [-0.05, 0) is 43.7 Å². The summed E-state index contributed by atoms with van der Waals surface area (Å²) >= 11 is 5.98. The molecule has 3 N–H and O–H groups in total. The summed E-state index contributed by atoms with van der Waals surface area (Å²) in [4.78, 5) is 24.6. The predicted molar refractivity (Wildman–Crippen MR) is 107 cm³/mol. The fourth-order valence-electron chi connectivity index (χ4n) is 2.25. The van der Waals surface area contributed by atoms with Crippen molar-refractivity contribution in [2.75, 3.05) is 16.3 Å². The molecular weight excluding hydrogens is 390 g/mol. The fourth-order valence-corrected chi connectivity index (χ4v) is 3.09. The van der Waals surface area contributed by atoms with Crippen LogP contribution in [-0.4, -0.2) is 32.5 Å². The number of carbonyl (C=O) groups excluding carboxylic acids is 2. The van der Waals surface area contributed by atoms with Gasteiger partial charge >= 0.3 is 0 Å². The van der Waals surface area contributed by atoms with Crippen LogP contribution in [0.15, 0.2) is 42.5 Å². The Morgan fingerprint density at radius 3 is 2.41 bits per heavy atom. The van der Waals surface area contributed by atoms with Gasteiger partial charge < -0.3 is 10.6 Å². The first kappa shape index (κ1) is 20.7. The monoisotopic (exact) mass is 409 g/mol. The molecule has 7 nitrogen and oxygen atoms in total. The second kappa shape index (κ2) is 8.41. The van der Waals surface area contributed by atoms with Crippen molar-refractivity contribution in [1.29, 1.82) is 0 Å². The molecule has 2 aromatic carbocycles. The van der Waals surface area contributed by atoms with Gasteiger partial charge in [0.1, 0.15) is 6.04 Å². The number of aryl methyl sites for hydroxylation is 1. The third-order valence-corrected chi connectivity index (χ3v) is 4.58. The first-order chi connectivity index (χ1) is 12.6. The van der Waals surface area contributed by atoms with E-state index in [2.05, 4.69) is 15.4 Å². The number of rotatable bonds is 6. The minimum absolute atomic E-state index is 0.272. The minimum atomic E-state index is -3.44. The van der Waals surface area contributed by atoms with Gasteiger partial charge in [0, 0.05) is 5.69 Å². The highest BCUT2D eigenvalue weighted by Crippen LogP contribution is 2.21. The van der Waals surface area contributed by atoms with Gasteiger partial charge in [0.05, 0.1) is 22.5 Å². The molecule has 0 aliphatic carbocycles. The summed E-state index contributed by atoms with van der Waals surface area (Å²) in [6.45, 7) is 3.28. The fraction of sp³-hybridized carbons (Fsp3) is 0.222. The van der Waals surface area contributed by atoms with E-state index in [1.165, 1.54) is 13.0 Å². The number of anilines is 2. The van der Waals surface area contributed by atoms with Crippen molar-refractivity contribution < 1.29 is 18.0 Å². The van der Waals surface area contributed by atoms with Crippen molar-refractivity contribution >= 4 is 44.8 Å². The normalized spacial score (nSPS) is 12.1. The molecule has 0 aliphatic rings. The van der Waals surface area contributed by atoms with E-state index in [-0.39, 0.29) is 10.6 Å². The maximum absolute atomic E-state index is 12.3. The van der Waals surface area contributed by atoms with E-state index in [1.54, 1.807) is 43.3 Å². The van der Waals surface area contributed by atoms with Crippen LogP contribution in [0, 0.1) is 6.92 Å². The van der Waals surface area contributed by atoms with Gasteiger partial charge in [0.15, 0.2) is 0 Å². The molecule has 0 bridgehead atoms. The van der Waals surface area contributed by atoms with Crippen molar-refractivity contribution in [2.45, 2.75) is 19.9 Å². The van der Waals surface area contributed by atoms with Crippen LogP contribution >= 0.6 is 11.6 Å². The van der Waals surface area contributed by atoms with Gasteiger partial charge in [-0.1, -0.05) is 29.8 Å². The lowest BCUT2D eigenvalue weighted by molar-refractivity contribution is -0.117. The summed E-state index contributed by atoms with van der Waals surface area (Å²) in [5, 5.41) is 5.51.